The minimum Gasteiger partial charge on any atom is -0.407 e. The van der Waals surface area contributed by atoms with Crippen molar-refractivity contribution in [1.82, 2.24) is 0 Å². The Balaban J connectivity index is 2.46. The fourth-order valence-corrected chi connectivity index (χ4v) is 10.3. The van der Waals surface area contributed by atoms with Crippen molar-refractivity contribution in [3.8, 4) is 0 Å². The number of rotatable bonds is 8. The fourth-order valence-electron chi connectivity index (χ4n) is 2.79. The van der Waals surface area contributed by atoms with Crippen molar-refractivity contribution in [2.45, 2.75) is 26.9 Å². The maximum Gasteiger partial charge on any atom is 0.487 e. The minimum absolute atomic E-state index is 0.594. The zero-order valence-electron chi connectivity index (χ0n) is 14.4. The average molecular weight is 347 g/mol. The smallest absolute Gasteiger partial charge is 0.407 e. The third kappa shape index (κ3) is 4.39. The summed E-state index contributed by atoms with van der Waals surface area (Å²) in [6.45, 7) is 9.38. The lowest BCUT2D eigenvalue weighted by Crippen LogP contribution is -2.65. The first-order valence-corrected chi connectivity index (χ1v) is 12.8. The molecule has 5 heteroatoms. The third-order valence-electron chi connectivity index (χ3n) is 3.85. The molecule has 2 aromatic carbocycles. The van der Waals surface area contributed by atoms with E-state index in [9.17, 15) is 0 Å². The van der Waals surface area contributed by atoms with Crippen molar-refractivity contribution >= 4 is 27.5 Å². The van der Waals surface area contributed by atoms with E-state index in [0.29, 0.717) is 13.2 Å². The van der Waals surface area contributed by atoms with Gasteiger partial charge in [-0.2, -0.15) is 0 Å². The van der Waals surface area contributed by atoms with Crippen LogP contribution in [0.25, 0.3) is 0 Å². The van der Waals surface area contributed by atoms with Crippen LogP contribution in [0, 0.1) is 0 Å². The molecule has 0 N–H and O–H groups in total. The van der Waals surface area contributed by atoms with Crippen LogP contribution in [-0.2, 0) is 13.0 Å². The lowest BCUT2D eigenvalue weighted by atomic mass is 10.4. The van der Waals surface area contributed by atoms with Gasteiger partial charge >= 0.3 is 8.80 Å². The molecule has 0 radical (unpaired) electrons. The van der Waals surface area contributed by atoms with E-state index >= 15 is 0 Å². The summed E-state index contributed by atoms with van der Waals surface area (Å²) in [5.41, 5.74) is 0. The van der Waals surface area contributed by atoms with E-state index in [1.165, 1.54) is 10.4 Å². The molecule has 0 aromatic heterocycles. The second-order valence-electron chi connectivity index (χ2n) is 5.60. The molecule has 2 rings (SSSR count). The van der Waals surface area contributed by atoms with Crippen LogP contribution in [0.4, 0.5) is 0 Å². The van der Waals surface area contributed by atoms with E-state index in [1.54, 1.807) is 0 Å². The molecule has 0 saturated heterocycles. The summed E-state index contributed by atoms with van der Waals surface area (Å²) in [6, 6.07) is 20.9. The molecule has 0 aliphatic heterocycles. The van der Waals surface area contributed by atoms with E-state index in [4.69, 9.17) is 13.0 Å². The summed E-state index contributed by atoms with van der Waals surface area (Å²) >= 11 is 0. The molecular formula is C18H26O3Si2. The highest BCUT2D eigenvalue weighted by molar-refractivity contribution is 7.00. The number of hydrogen-bond donors (Lipinski definition) is 0. The maximum absolute atomic E-state index is 6.71. The highest BCUT2D eigenvalue weighted by Crippen LogP contribution is 2.18. The van der Waals surface area contributed by atoms with Gasteiger partial charge in [0.1, 0.15) is 0 Å². The van der Waals surface area contributed by atoms with Crippen molar-refractivity contribution < 1.29 is 13.0 Å². The first-order chi connectivity index (χ1) is 11.0. The minimum atomic E-state index is -2.69. The number of hydrogen-bond acceptors (Lipinski definition) is 3. The quantitative estimate of drug-likeness (QED) is 0.688. The maximum atomic E-state index is 6.71. The molecule has 0 saturated carbocycles. The molecule has 0 bridgehead atoms. The summed E-state index contributed by atoms with van der Waals surface area (Å²) in [4.78, 5) is 0. The predicted octanol–water partition coefficient (Wildman–Crippen LogP) is 3.03. The Bertz CT molecular complexity index is 544. The van der Waals surface area contributed by atoms with Crippen LogP contribution in [0.1, 0.15) is 13.8 Å². The molecule has 0 aliphatic carbocycles. The second kappa shape index (κ2) is 8.03. The van der Waals surface area contributed by atoms with Gasteiger partial charge in [-0.25, -0.2) is 0 Å². The lowest BCUT2D eigenvalue weighted by molar-refractivity contribution is 0.123. The Kier molecular flexibility index (Phi) is 6.32. The van der Waals surface area contributed by atoms with Gasteiger partial charge in [0.2, 0.25) is 8.32 Å². The van der Waals surface area contributed by atoms with Crippen LogP contribution in [0.3, 0.4) is 0 Å². The Hall–Kier alpha value is -1.25. The third-order valence-corrected chi connectivity index (χ3v) is 11.5. The zero-order chi connectivity index (χ0) is 16.8. The van der Waals surface area contributed by atoms with Gasteiger partial charge in [0.05, 0.1) is 0 Å². The van der Waals surface area contributed by atoms with Crippen molar-refractivity contribution in [2.75, 3.05) is 13.2 Å². The average Bonchev–Trinajstić information content (AvgIpc) is 2.56. The van der Waals surface area contributed by atoms with Crippen LogP contribution in [0.15, 0.2) is 60.7 Å². The topological polar surface area (TPSA) is 27.7 Å². The van der Waals surface area contributed by atoms with Crippen LogP contribution in [0.5, 0.6) is 0 Å². The summed E-state index contributed by atoms with van der Waals surface area (Å²) < 4.78 is 18.6. The van der Waals surface area contributed by atoms with Gasteiger partial charge in [-0.1, -0.05) is 60.7 Å². The van der Waals surface area contributed by atoms with Crippen LogP contribution in [0.2, 0.25) is 13.1 Å². The molecule has 0 amide bonds. The molecule has 0 heterocycles. The van der Waals surface area contributed by atoms with E-state index in [1.807, 2.05) is 32.5 Å². The van der Waals surface area contributed by atoms with E-state index in [-0.39, 0.29) is 0 Å². The predicted molar refractivity (Wildman–Crippen MR) is 99.7 cm³/mol. The highest BCUT2D eigenvalue weighted by Gasteiger charge is 2.45. The standard InChI is InChI=1S/C18H26O3Si2/c1-5-19-23(4,20-6-2)21-22(3,17-13-9-7-10-14-17)18-15-11-8-12-16-18/h7-16H,5-6H2,1-4H3. The number of benzene rings is 2. The molecule has 0 fully saturated rings. The van der Waals surface area contributed by atoms with Crippen molar-refractivity contribution in [2.24, 2.45) is 0 Å². The molecule has 23 heavy (non-hydrogen) atoms. The molecule has 0 spiro atoms. The first kappa shape index (κ1) is 18.1. The Morgan fingerprint density at radius 2 is 1.09 bits per heavy atom. The molecule has 0 atom stereocenters. The molecule has 0 aliphatic rings. The lowest BCUT2D eigenvalue weighted by Gasteiger charge is -2.36. The van der Waals surface area contributed by atoms with Crippen LogP contribution in [-0.4, -0.2) is 30.3 Å². The molecule has 3 nitrogen and oxygen atoms in total. The van der Waals surface area contributed by atoms with Crippen molar-refractivity contribution in [1.29, 1.82) is 0 Å². The zero-order valence-corrected chi connectivity index (χ0v) is 16.4. The van der Waals surface area contributed by atoms with Crippen molar-refractivity contribution in [3.05, 3.63) is 60.7 Å². The van der Waals surface area contributed by atoms with E-state index in [2.05, 4.69) is 55.1 Å². The van der Waals surface area contributed by atoms with Crippen molar-refractivity contribution in [3.63, 3.8) is 0 Å². The Morgan fingerprint density at radius 3 is 1.43 bits per heavy atom. The van der Waals surface area contributed by atoms with Crippen LogP contribution < -0.4 is 10.4 Å². The van der Waals surface area contributed by atoms with Gasteiger partial charge in [0.15, 0.2) is 0 Å². The van der Waals surface area contributed by atoms with Gasteiger partial charge in [-0.05, 0) is 30.8 Å². The Labute approximate surface area is 141 Å². The van der Waals surface area contributed by atoms with Gasteiger partial charge in [0.25, 0.3) is 0 Å². The molecular weight excluding hydrogens is 320 g/mol. The SMILES string of the molecule is CCO[Si](C)(OCC)O[Si](C)(c1ccccc1)c1ccccc1. The Morgan fingerprint density at radius 1 is 0.696 bits per heavy atom. The molecule has 124 valence electrons. The second-order valence-corrected chi connectivity index (χ2v) is 11.9. The first-order valence-electron chi connectivity index (χ1n) is 8.13. The van der Waals surface area contributed by atoms with E-state index < -0.39 is 17.1 Å². The van der Waals surface area contributed by atoms with Crippen LogP contribution >= 0.6 is 0 Å². The van der Waals surface area contributed by atoms with Gasteiger partial charge in [-0.3, -0.25) is 0 Å². The molecule has 2 aromatic rings. The summed E-state index contributed by atoms with van der Waals surface area (Å²) in [5.74, 6) is 0. The summed E-state index contributed by atoms with van der Waals surface area (Å²) in [6.07, 6.45) is 0. The normalized spacial score (nSPS) is 12.3. The summed E-state index contributed by atoms with van der Waals surface area (Å²) in [7, 11) is -5.09. The molecule has 0 unspecified atom stereocenters. The van der Waals surface area contributed by atoms with Gasteiger partial charge < -0.3 is 13.0 Å². The highest BCUT2D eigenvalue weighted by atomic mass is 28.5. The summed E-state index contributed by atoms with van der Waals surface area (Å²) in [5, 5.41) is 2.45. The van der Waals surface area contributed by atoms with E-state index in [0.717, 1.165) is 0 Å². The van der Waals surface area contributed by atoms with Gasteiger partial charge in [-0.15, -0.1) is 0 Å². The van der Waals surface area contributed by atoms with Gasteiger partial charge in [0, 0.05) is 19.8 Å². The fraction of sp³-hybridized carbons (Fsp3) is 0.333. The monoisotopic (exact) mass is 346 g/mol. The largest absolute Gasteiger partial charge is 0.487 e.